The van der Waals surface area contributed by atoms with Crippen LogP contribution in [0.3, 0.4) is 0 Å². The lowest BCUT2D eigenvalue weighted by atomic mass is 9.79. The van der Waals surface area contributed by atoms with Crippen LogP contribution in [-0.4, -0.2) is 32.9 Å². The van der Waals surface area contributed by atoms with Crippen molar-refractivity contribution in [1.82, 2.24) is 14.5 Å². The smallest absolute Gasteiger partial charge is 0.399 e. The molecule has 1 aliphatic heterocycles. The Morgan fingerprint density at radius 3 is 2.36 bits per heavy atom. The Morgan fingerprint density at radius 1 is 1.14 bits per heavy atom. The van der Waals surface area contributed by atoms with Gasteiger partial charge in [-0.1, -0.05) is 0 Å². The second-order valence-corrected chi connectivity index (χ2v) is 7.47. The van der Waals surface area contributed by atoms with Crippen LogP contribution >= 0.6 is 0 Å². The third-order valence-electron chi connectivity index (χ3n) is 5.28. The molecule has 116 valence electrons. The summed E-state index contributed by atoms with van der Waals surface area (Å²) in [6.07, 6.45) is 6.24. The molecule has 2 aliphatic rings. The lowest BCUT2D eigenvalue weighted by Crippen LogP contribution is -2.41. The maximum Gasteiger partial charge on any atom is 0.497 e. The number of hydrogen-bond acceptors (Lipinski definition) is 4. The summed E-state index contributed by atoms with van der Waals surface area (Å²) in [7, 11) is -0.364. The molecule has 0 radical (unpaired) electrons. The second-order valence-electron chi connectivity index (χ2n) is 7.47. The fraction of sp³-hybridized carbons (Fsp3) is 0.625. The normalized spacial score (nSPS) is 23.4. The van der Waals surface area contributed by atoms with Gasteiger partial charge in [0.25, 0.3) is 0 Å². The van der Waals surface area contributed by atoms with Crippen molar-refractivity contribution in [2.24, 2.45) is 0 Å². The Kier molecular flexibility index (Phi) is 2.80. The van der Waals surface area contributed by atoms with Gasteiger partial charge in [0, 0.05) is 28.8 Å². The van der Waals surface area contributed by atoms with Crippen molar-refractivity contribution in [3.8, 4) is 0 Å². The predicted octanol–water partition coefficient (Wildman–Crippen LogP) is 2.37. The van der Waals surface area contributed by atoms with Crippen LogP contribution < -0.4 is 5.46 Å². The third-order valence-corrected chi connectivity index (χ3v) is 5.28. The fourth-order valence-corrected chi connectivity index (χ4v) is 3.05. The summed E-state index contributed by atoms with van der Waals surface area (Å²) in [6.45, 7) is 10.3. The molecule has 1 saturated carbocycles. The molecule has 2 aromatic rings. The Bertz CT molecular complexity index is 733. The standard InChI is InChI=1S/C16H22BN3O2/c1-10-13-12(17-21-15(2,3)16(4,5)22-17)8-20(11-6-7-11)14(13)19-9-18-10/h8-9,11H,6-7H2,1-5H3. The largest absolute Gasteiger partial charge is 0.497 e. The van der Waals surface area contributed by atoms with E-state index >= 15 is 0 Å². The van der Waals surface area contributed by atoms with E-state index in [1.807, 2.05) is 6.92 Å². The molecule has 4 rings (SSSR count). The van der Waals surface area contributed by atoms with Gasteiger partial charge in [-0.2, -0.15) is 0 Å². The maximum absolute atomic E-state index is 6.24. The van der Waals surface area contributed by atoms with Crippen LogP contribution in [0.25, 0.3) is 11.0 Å². The minimum atomic E-state index is -0.364. The summed E-state index contributed by atoms with van der Waals surface area (Å²) in [5.74, 6) is 0. The number of rotatable bonds is 2. The van der Waals surface area contributed by atoms with Crippen LogP contribution in [0.5, 0.6) is 0 Å². The average molecular weight is 299 g/mol. The van der Waals surface area contributed by atoms with Crippen LogP contribution in [0.4, 0.5) is 0 Å². The van der Waals surface area contributed by atoms with E-state index in [1.165, 1.54) is 12.8 Å². The minimum absolute atomic E-state index is 0.338. The van der Waals surface area contributed by atoms with Crippen LogP contribution in [0.2, 0.25) is 0 Å². The van der Waals surface area contributed by atoms with Crippen molar-refractivity contribution in [2.45, 2.75) is 64.7 Å². The van der Waals surface area contributed by atoms with Gasteiger partial charge in [-0.05, 0) is 47.5 Å². The fourth-order valence-electron chi connectivity index (χ4n) is 3.05. The van der Waals surface area contributed by atoms with Crippen molar-refractivity contribution in [3.63, 3.8) is 0 Å². The van der Waals surface area contributed by atoms with E-state index in [1.54, 1.807) is 6.33 Å². The monoisotopic (exact) mass is 299 g/mol. The lowest BCUT2D eigenvalue weighted by Gasteiger charge is -2.32. The van der Waals surface area contributed by atoms with E-state index in [4.69, 9.17) is 9.31 Å². The number of nitrogens with zero attached hydrogens (tertiary/aromatic N) is 3. The van der Waals surface area contributed by atoms with E-state index in [0.717, 1.165) is 22.2 Å². The lowest BCUT2D eigenvalue weighted by molar-refractivity contribution is 0.00578. The van der Waals surface area contributed by atoms with Gasteiger partial charge in [0.2, 0.25) is 0 Å². The molecule has 0 unspecified atom stereocenters. The van der Waals surface area contributed by atoms with Crippen molar-refractivity contribution in [2.75, 3.05) is 0 Å². The summed E-state index contributed by atoms with van der Waals surface area (Å²) >= 11 is 0. The van der Waals surface area contributed by atoms with Gasteiger partial charge >= 0.3 is 7.12 Å². The van der Waals surface area contributed by atoms with E-state index in [-0.39, 0.29) is 18.3 Å². The van der Waals surface area contributed by atoms with Crippen LogP contribution in [-0.2, 0) is 9.31 Å². The quantitative estimate of drug-likeness (QED) is 0.799. The maximum atomic E-state index is 6.24. The number of hydrogen-bond donors (Lipinski definition) is 0. The molecule has 5 nitrogen and oxygen atoms in total. The van der Waals surface area contributed by atoms with Crippen LogP contribution in [0.15, 0.2) is 12.5 Å². The summed E-state index contributed by atoms with van der Waals surface area (Å²) < 4.78 is 14.7. The Hall–Kier alpha value is -1.40. The molecule has 2 fully saturated rings. The Balaban J connectivity index is 1.86. The molecule has 0 spiro atoms. The van der Waals surface area contributed by atoms with E-state index < -0.39 is 0 Å². The average Bonchev–Trinajstić information content (AvgIpc) is 3.13. The first-order valence-electron chi connectivity index (χ1n) is 7.98. The summed E-state index contributed by atoms with van der Waals surface area (Å²) in [5, 5.41) is 1.08. The van der Waals surface area contributed by atoms with Crippen molar-refractivity contribution >= 4 is 23.6 Å². The highest BCUT2D eigenvalue weighted by atomic mass is 16.7. The molecule has 3 heterocycles. The zero-order chi connectivity index (χ0) is 15.7. The summed E-state index contributed by atoms with van der Waals surface area (Å²) in [6, 6.07) is 0.563. The first kappa shape index (κ1) is 14.2. The molecular weight excluding hydrogens is 277 g/mol. The number of fused-ring (bicyclic) bond motifs is 1. The molecule has 0 amide bonds. The zero-order valence-corrected chi connectivity index (χ0v) is 13.9. The molecular formula is C16H22BN3O2. The molecule has 6 heteroatoms. The molecule has 0 aromatic carbocycles. The predicted molar refractivity (Wildman–Crippen MR) is 86.3 cm³/mol. The van der Waals surface area contributed by atoms with Crippen LogP contribution in [0, 0.1) is 6.92 Å². The highest BCUT2D eigenvalue weighted by molar-refractivity contribution is 6.65. The topological polar surface area (TPSA) is 49.2 Å². The summed E-state index contributed by atoms with van der Waals surface area (Å²) in [5.41, 5.74) is 2.36. The molecule has 0 N–H and O–H groups in total. The molecule has 1 aliphatic carbocycles. The number of aromatic nitrogens is 3. The molecule has 0 bridgehead atoms. The second kappa shape index (κ2) is 4.33. The van der Waals surface area contributed by atoms with Gasteiger partial charge in [-0.25, -0.2) is 9.97 Å². The highest BCUT2D eigenvalue weighted by Crippen LogP contribution is 2.40. The number of aryl methyl sites for hydroxylation is 1. The van der Waals surface area contributed by atoms with Crippen molar-refractivity contribution in [1.29, 1.82) is 0 Å². The van der Waals surface area contributed by atoms with Gasteiger partial charge in [0.15, 0.2) is 0 Å². The van der Waals surface area contributed by atoms with E-state index in [9.17, 15) is 0 Å². The van der Waals surface area contributed by atoms with Crippen molar-refractivity contribution < 1.29 is 9.31 Å². The van der Waals surface area contributed by atoms with Gasteiger partial charge in [0.1, 0.15) is 12.0 Å². The molecule has 22 heavy (non-hydrogen) atoms. The first-order valence-corrected chi connectivity index (χ1v) is 7.98. The van der Waals surface area contributed by atoms with Gasteiger partial charge < -0.3 is 13.9 Å². The zero-order valence-electron chi connectivity index (χ0n) is 13.9. The van der Waals surface area contributed by atoms with Gasteiger partial charge in [-0.3, -0.25) is 0 Å². The minimum Gasteiger partial charge on any atom is -0.399 e. The highest BCUT2D eigenvalue weighted by Gasteiger charge is 2.52. The Morgan fingerprint density at radius 2 is 1.77 bits per heavy atom. The molecule has 1 saturated heterocycles. The van der Waals surface area contributed by atoms with E-state index in [0.29, 0.717) is 6.04 Å². The molecule has 0 atom stereocenters. The first-order chi connectivity index (χ1) is 10.3. The SMILES string of the molecule is Cc1ncnc2c1c(B1OC(C)(C)C(C)(C)O1)cn2C1CC1. The van der Waals surface area contributed by atoms with E-state index in [2.05, 4.69) is 48.4 Å². The Labute approximate surface area is 131 Å². The van der Waals surface area contributed by atoms with Gasteiger partial charge in [0.05, 0.1) is 11.2 Å². The third kappa shape index (κ3) is 1.93. The van der Waals surface area contributed by atoms with Gasteiger partial charge in [-0.15, -0.1) is 0 Å². The van der Waals surface area contributed by atoms with Crippen LogP contribution in [0.1, 0.15) is 52.3 Å². The molecule has 2 aromatic heterocycles. The van der Waals surface area contributed by atoms with Crippen molar-refractivity contribution in [3.05, 3.63) is 18.2 Å². The summed E-state index contributed by atoms with van der Waals surface area (Å²) in [4.78, 5) is 8.88.